The highest BCUT2D eigenvalue weighted by atomic mass is 19.4. The molecule has 1 aromatic rings. The molecule has 3 saturated carbocycles. The number of carbonyl (C=O) groups excluding carboxylic acids is 1. The van der Waals surface area contributed by atoms with Crippen molar-refractivity contribution in [3.05, 3.63) is 29.8 Å². The molecule has 1 aliphatic heterocycles. The number of alkyl halides is 3. The first-order valence-corrected chi connectivity index (χ1v) is 11.7. The average molecular weight is 436 g/mol. The lowest BCUT2D eigenvalue weighted by Crippen LogP contribution is -2.61. The predicted octanol–water partition coefficient (Wildman–Crippen LogP) is 5.97. The van der Waals surface area contributed by atoms with E-state index in [-0.39, 0.29) is 22.8 Å². The lowest BCUT2D eigenvalue weighted by Gasteiger charge is -2.60. The molecule has 4 aliphatic rings. The Kier molecular flexibility index (Phi) is 4.87. The van der Waals surface area contributed by atoms with Crippen molar-refractivity contribution >= 4 is 5.91 Å². The fourth-order valence-electron chi connectivity index (χ4n) is 7.73. The van der Waals surface area contributed by atoms with Crippen LogP contribution in [0.5, 0.6) is 5.75 Å². The van der Waals surface area contributed by atoms with Crippen molar-refractivity contribution in [1.82, 2.24) is 5.32 Å². The van der Waals surface area contributed by atoms with Crippen molar-refractivity contribution in [2.24, 2.45) is 28.6 Å². The van der Waals surface area contributed by atoms with Crippen molar-refractivity contribution in [3.8, 4) is 5.75 Å². The van der Waals surface area contributed by atoms with Gasteiger partial charge < -0.3 is 10.1 Å². The highest BCUT2D eigenvalue weighted by Crippen LogP contribution is 2.64. The van der Waals surface area contributed by atoms with Crippen LogP contribution in [0.15, 0.2) is 24.3 Å². The second-order valence-electron chi connectivity index (χ2n) is 10.8. The van der Waals surface area contributed by atoms with Crippen molar-refractivity contribution in [2.75, 3.05) is 0 Å². The zero-order chi connectivity index (χ0) is 22.0. The minimum atomic E-state index is -4.32. The minimum absolute atomic E-state index is 0.0479. The van der Waals surface area contributed by atoms with Crippen LogP contribution >= 0.6 is 0 Å². The Bertz CT molecular complexity index is 853. The van der Waals surface area contributed by atoms with Crippen LogP contribution in [0.25, 0.3) is 0 Å². The molecule has 1 saturated heterocycles. The van der Waals surface area contributed by atoms with E-state index >= 15 is 0 Å². The van der Waals surface area contributed by atoms with Crippen molar-refractivity contribution < 1.29 is 22.7 Å². The molecule has 0 aromatic heterocycles. The van der Waals surface area contributed by atoms with E-state index < -0.39 is 11.7 Å². The number of amides is 1. The molecule has 7 atom stereocenters. The maximum atomic E-state index is 12.9. The zero-order valence-corrected chi connectivity index (χ0v) is 18.3. The first kappa shape index (κ1) is 21.1. The van der Waals surface area contributed by atoms with Gasteiger partial charge in [-0.2, -0.15) is 13.2 Å². The molecular formula is C25H32F3NO2. The van der Waals surface area contributed by atoms with Crippen LogP contribution in [-0.2, 0) is 11.0 Å². The normalized spacial score (nSPS) is 42.2. The molecular weight excluding hydrogens is 403 g/mol. The van der Waals surface area contributed by atoms with E-state index in [2.05, 4.69) is 19.2 Å². The maximum absolute atomic E-state index is 12.9. The van der Waals surface area contributed by atoms with Crippen molar-refractivity contribution in [1.29, 1.82) is 0 Å². The number of hydrogen-bond acceptors (Lipinski definition) is 2. The summed E-state index contributed by atoms with van der Waals surface area (Å²) in [6.45, 7) is 4.73. The molecule has 31 heavy (non-hydrogen) atoms. The Hall–Kier alpha value is -1.72. The minimum Gasteiger partial charge on any atom is -0.490 e. The molecule has 1 amide bonds. The van der Waals surface area contributed by atoms with Crippen LogP contribution in [0.1, 0.15) is 70.8 Å². The monoisotopic (exact) mass is 435 g/mol. The molecule has 1 heterocycles. The number of nitrogens with one attached hydrogen (secondary N) is 1. The zero-order valence-electron chi connectivity index (χ0n) is 18.3. The van der Waals surface area contributed by atoms with Gasteiger partial charge >= 0.3 is 6.18 Å². The van der Waals surface area contributed by atoms with E-state index in [0.717, 1.165) is 57.1 Å². The van der Waals surface area contributed by atoms with Gasteiger partial charge in [-0.15, -0.1) is 0 Å². The van der Waals surface area contributed by atoms with Gasteiger partial charge in [-0.25, -0.2) is 0 Å². The Balaban J connectivity index is 1.33. The largest absolute Gasteiger partial charge is 0.490 e. The number of rotatable bonds is 2. The number of halogens is 3. The Morgan fingerprint density at radius 3 is 2.35 bits per heavy atom. The summed E-state index contributed by atoms with van der Waals surface area (Å²) < 4.78 is 44.9. The Labute approximate surface area is 182 Å². The van der Waals surface area contributed by atoms with Gasteiger partial charge in [-0.05, 0) is 92.4 Å². The molecule has 1 aromatic carbocycles. The number of carbonyl (C=O) groups is 1. The Morgan fingerprint density at radius 1 is 0.935 bits per heavy atom. The van der Waals surface area contributed by atoms with Crippen LogP contribution in [0.3, 0.4) is 0 Å². The van der Waals surface area contributed by atoms with Gasteiger partial charge in [-0.3, -0.25) is 4.79 Å². The van der Waals surface area contributed by atoms with E-state index in [1.165, 1.54) is 12.1 Å². The molecule has 0 spiro atoms. The highest BCUT2D eigenvalue weighted by molar-refractivity contribution is 5.77. The second kappa shape index (κ2) is 7.14. The predicted molar refractivity (Wildman–Crippen MR) is 111 cm³/mol. The van der Waals surface area contributed by atoms with Crippen molar-refractivity contribution in [2.45, 2.75) is 83.5 Å². The van der Waals surface area contributed by atoms with E-state index in [9.17, 15) is 18.0 Å². The number of piperidine rings is 1. The SMILES string of the molecule is C[C@]12CCC(=O)NC1CC[C@@H]1[C@H]2CC[C@]2(C)C(Oc3ccc(C(F)(F)F)cc3)CC[C@@H]12. The van der Waals surface area contributed by atoms with Crippen LogP contribution in [0.4, 0.5) is 13.2 Å². The third kappa shape index (κ3) is 3.36. The molecule has 4 fully saturated rings. The third-order valence-corrected chi connectivity index (χ3v) is 9.47. The van der Waals surface area contributed by atoms with E-state index in [0.29, 0.717) is 36.0 Å². The van der Waals surface area contributed by atoms with Crippen molar-refractivity contribution in [3.63, 3.8) is 0 Å². The summed E-state index contributed by atoms with van der Waals surface area (Å²) in [5, 5.41) is 3.27. The molecule has 2 unspecified atom stereocenters. The summed E-state index contributed by atoms with van der Waals surface area (Å²) in [7, 11) is 0. The van der Waals surface area contributed by atoms with Gasteiger partial charge in [0.05, 0.1) is 5.56 Å². The van der Waals surface area contributed by atoms with Crippen LogP contribution in [0, 0.1) is 28.6 Å². The summed E-state index contributed by atoms with van der Waals surface area (Å²) in [6.07, 6.45) is 3.86. The second-order valence-corrected chi connectivity index (χ2v) is 10.8. The third-order valence-electron chi connectivity index (χ3n) is 9.47. The topological polar surface area (TPSA) is 38.3 Å². The van der Waals surface area contributed by atoms with Gasteiger partial charge in [0, 0.05) is 17.9 Å². The quantitative estimate of drug-likeness (QED) is 0.621. The number of hydrogen-bond donors (Lipinski definition) is 1. The maximum Gasteiger partial charge on any atom is 0.416 e. The van der Waals surface area contributed by atoms with E-state index in [4.69, 9.17) is 4.74 Å². The van der Waals surface area contributed by atoms with E-state index in [1.54, 1.807) is 0 Å². The molecule has 3 nitrogen and oxygen atoms in total. The van der Waals surface area contributed by atoms with Gasteiger partial charge in [0.1, 0.15) is 11.9 Å². The van der Waals surface area contributed by atoms with Crippen LogP contribution in [0.2, 0.25) is 0 Å². The first-order chi connectivity index (χ1) is 14.6. The van der Waals surface area contributed by atoms with Gasteiger partial charge in [-0.1, -0.05) is 13.8 Å². The van der Waals surface area contributed by atoms with Crippen LogP contribution < -0.4 is 10.1 Å². The molecule has 6 heteroatoms. The lowest BCUT2D eigenvalue weighted by atomic mass is 9.47. The smallest absolute Gasteiger partial charge is 0.416 e. The fourth-order valence-corrected chi connectivity index (χ4v) is 7.73. The van der Waals surface area contributed by atoms with Crippen LogP contribution in [-0.4, -0.2) is 18.1 Å². The number of ether oxygens (including phenoxy) is 1. The lowest BCUT2D eigenvalue weighted by molar-refractivity contribution is -0.138. The summed E-state index contributed by atoms with van der Waals surface area (Å²) in [5.74, 6) is 2.60. The summed E-state index contributed by atoms with van der Waals surface area (Å²) >= 11 is 0. The Morgan fingerprint density at radius 2 is 1.65 bits per heavy atom. The molecule has 3 aliphatic carbocycles. The highest BCUT2D eigenvalue weighted by Gasteiger charge is 2.61. The molecule has 5 rings (SSSR count). The number of fused-ring (bicyclic) bond motifs is 5. The molecule has 170 valence electrons. The summed E-state index contributed by atoms with van der Waals surface area (Å²) in [6, 6.07) is 5.45. The average Bonchev–Trinajstić information content (AvgIpc) is 3.04. The number of benzene rings is 1. The first-order valence-electron chi connectivity index (χ1n) is 11.7. The summed E-state index contributed by atoms with van der Waals surface area (Å²) in [5.41, 5.74) is -0.393. The molecule has 0 bridgehead atoms. The van der Waals surface area contributed by atoms with E-state index in [1.807, 2.05) is 0 Å². The molecule has 0 radical (unpaired) electrons. The van der Waals surface area contributed by atoms with Gasteiger partial charge in [0.15, 0.2) is 0 Å². The molecule has 1 N–H and O–H groups in total. The fraction of sp³-hybridized carbons (Fsp3) is 0.720. The van der Waals surface area contributed by atoms with Gasteiger partial charge in [0.2, 0.25) is 5.91 Å². The van der Waals surface area contributed by atoms with Gasteiger partial charge in [0.25, 0.3) is 0 Å². The summed E-state index contributed by atoms with van der Waals surface area (Å²) in [4.78, 5) is 12.0. The standard InChI is InChI=1S/C25H32F3NO2/c1-23-14-12-22(30)29-20(23)9-7-17-18-8-10-21(24(18,2)13-11-19(17)23)31-16-5-3-15(4-6-16)25(26,27)28/h3-6,17-21H,7-14H2,1-2H3,(H,29,30)/t17-,18-,19+,20?,21?,23+,24-/m0/s1.